The molecule has 3 amide bonds. The van der Waals surface area contributed by atoms with Crippen molar-refractivity contribution in [1.29, 1.82) is 0 Å². The maximum Gasteiger partial charge on any atom is 0.329 e. The van der Waals surface area contributed by atoms with Crippen molar-refractivity contribution in [3.63, 3.8) is 0 Å². The van der Waals surface area contributed by atoms with E-state index >= 15 is 0 Å². The second-order valence-electron chi connectivity index (χ2n) is 20.5. The van der Waals surface area contributed by atoms with E-state index in [9.17, 15) is 27.6 Å². The summed E-state index contributed by atoms with van der Waals surface area (Å²) in [7, 11) is -1.76. The first-order chi connectivity index (χ1) is 30.6. The fourth-order valence-corrected chi connectivity index (χ4v) is 13.9. The van der Waals surface area contributed by atoms with Gasteiger partial charge in [-0.3, -0.25) is 33.7 Å². The highest BCUT2D eigenvalue weighted by Crippen LogP contribution is 2.53. The van der Waals surface area contributed by atoms with Gasteiger partial charge in [-0.2, -0.15) is 4.98 Å². The maximum atomic E-state index is 14.0. The number of benzene rings is 2. The van der Waals surface area contributed by atoms with E-state index in [0.717, 1.165) is 112 Å². The number of piperidine rings is 3. The summed E-state index contributed by atoms with van der Waals surface area (Å²) in [6, 6.07) is 10.8. The van der Waals surface area contributed by atoms with Gasteiger partial charge in [0.05, 0.1) is 21.2 Å². The van der Waals surface area contributed by atoms with Crippen LogP contribution in [0.3, 0.4) is 0 Å². The second-order valence-corrected chi connectivity index (χ2v) is 22.7. The van der Waals surface area contributed by atoms with Crippen LogP contribution >= 0.6 is 0 Å². The molecule has 3 saturated heterocycles. The summed E-state index contributed by atoms with van der Waals surface area (Å²) in [6.07, 6.45) is 12.8. The first-order valence-electron chi connectivity index (χ1n) is 23.4. The lowest BCUT2D eigenvalue weighted by atomic mass is 9.63. The Hall–Kier alpha value is -5.09. The Kier molecular flexibility index (Phi) is 10.8. The highest BCUT2D eigenvalue weighted by atomic mass is 32.2. The van der Waals surface area contributed by atoms with Gasteiger partial charge in [-0.15, -0.1) is 0 Å². The normalized spacial score (nSPS) is 23.4. The molecule has 4 aliphatic heterocycles. The van der Waals surface area contributed by atoms with Crippen molar-refractivity contribution < 1.29 is 22.8 Å². The molecule has 10 rings (SSSR count). The molecule has 1 atom stereocenters. The van der Waals surface area contributed by atoms with Crippen molar-refractivity contribution in [1.82, 2.24) is 29.3 Å². The van der Waals surface area contributed by atoms with Gasteiger partial charge in [0, 0.05) is 67.7 Å². The summed E-state index contributed by atoms with van der Waals surface area (Å²) in [5.74, 6) is 1.07. The van der Waals surface area contributed by atoms with Crippen LogP contribution < -0.4 is 26.1 Å². The Bertz CT molecular complexity index is 2700. The van der Waals surface area contributed by atoms with Crippen LogP contribution in [0.1, 0.15) is 108 Å². The molecule has 5 fully saturated rings. The zero-order valence-corrected chi connectivity index (χ0v) is 38.4. The summed E-state index contributed by atoms with van der Waals surface area (Å²) in [6.45, 7) is 10.8. The topological polar surface area (TPSA) is 172 Å². The van der Waals surface area contributed by atoms with Gasteiger partial charge in [0.2, 0.25) is 23.7 Å². The Morgan fingerprint density at radius 2 is 1.62 bits per heavy atom. The van der Waals surface area contributed by atoms with E-state index < -0.39 is 27.2 Å². The van der Waals surface area contributed by atoms with Crippen molar-refractivity contribution >= 4 is 61.7 Å². The number of anilines is 4. The Labute approximate surface area is 374 Å². The number of aromatic nitrogens is 4. The molecule has 6 heterocycles. The number of carbonyl (C=O) groups excluding carboxylic acids is 3. The number of nitrogens with one attached hydrogen (secondary N) is 2. The molecule has 4 aromatic rings. The number of likely N-dealkylation sites (tertiary alicyclic amines) is 1. The Morgan fingerprint density at radius 3 is 2.33 bits per heavy atom. The number of aryl methyl sites for hydroxylation is 2. The minimum atomic E-state index is -3.49. The van der Waals surface area contributed by atoms with Gasteiger partial charge in [0.1, 0.15) is 11.9 Å². The molecule has 6 aliphatic rings. The molecule has 340 valence electrons. The lowest BCUT2D eigenvalue weighted by Gasteiger charge is -2.52. The third-order valence-corrected chi connectivity index (χ3v) is 17.9. The van der Waals surface area contributed by atoms with Gasteiger partial charge in [-0.25, -0.2) is 18.2 Å². The fraction of sp³-hybridized carbons (Fsp3) is 0.583. The van der Waals surface area contributed by atoms with E-state index in [4.69, 9.17) is 4.98 Å². The highest BCUT2D eigenvalue weighted by Gasteiger charge is 2.51. The number of hydrogen-bond donors (Lipinski definition) is 2. The summed E-state index contributed by atoms with van der Waals surface area (Å²) in [4.78, 5) is 68.0. The van der Waals surface area contributed by atoms with E-state index in [2.05, 4.69) is 25.4 Å². The number of imidazole rings is 1. The third-order valence-electron chi connectivity index (χ3n) is 15.7. The van der Waals surface area contributed by atoms with Crippen molar-refractivity contribution in [2.75, 3.05) is 47.8 Å². The van der Waals surface area contributed by atoms with Crippen LogP contribution in [0.4, 0.5) is 23.1 Å². The van der Waals surface area contributed by atoms with Crippen molar-refractivity contribution in [2.45, 2.75) is 126 Å². The molecule has 2 aromatic carbocycles. The highest BCUT2D eigenvalue weighted by molar-refractivity contribution is 7.92. The van der Waals surface area contributed by atoms with E-state index in [0.29, 0.717) is 53.8 Å². The van der Waals surface area contributed by atoms with E-state index in [-0.39, 0.29) is 40.6 Å². The molecular weight excluding hydrogens is 831 g/mol. The molecule has 1 unspecified atom stereocenters. The summed E-state index contributed by atoms with van der Waals surface area (Å²) >= 11 is 0. The summed E-state index contributed by atoms with van der Waals surface area (Å²) < 4.78 is 31.1. The minimum absolute atomic E-state index is 0.0941. The largest absolute Gasteiger partial charge is 0.371 e. The van der Waals surface area contributed by atoms with Crippen LogP contribution in [-0.4, -0.2) is 94.2 Å². The van der Waals surface area contributed by atoms with Crippen LogP contribution in [0.5, 0.6) is 0 Å². The first kappa shape index (κ1) is 42.8. The van der Waals surface area contributed by atoms with Crippen molar-refractivity contribution in [3.05, 3.63) is 64.2 Å². The van der Waals surface area contributed by atoms with Gasteiger partial charge in [-0.05, 0) is 138 Å². The third kappa shape index (κ3) is 7.61. The predicted molar refractivity (Wildman–Crippen MR) is 246 cm³/mol. The summed E-state index contributed by atoms with van der Waals surface area (Å²) in [5.41, 5.74) is 4.39. The average molecular weight is 892 g/mol. The zero-order chi connectivity index (χ0) is 44.7. The SMILES string of the molecule is Cc1cc(S(=O)(=O)C2CC3(CCN(CC4CCN(c5ccc6c(c5)n(C)c(=O)n6C5CCC(=O)NC5=O)CC4)CC3)C2)ccc1Nc1ncc2c(n1)N(C1CCCC1)C(=O)C(C)(C)C2. The lowest BCUT2D eigenvalue weighted by Crippen LogP contribution is -2.52. The van der Waals surface area contributed by atoms with Gasteiger partial charge in [0.25, 0.3) is 0 Å². The summed E-state index contributed by atoms with van der Waals surface area (Å²) in [5, 5.41) is 5.33. The Balaban J connectivity index is 0.713. The number of sulfone groups is 1. The molecule has 64 heavy (non-hydrogen) atoms. The van der Waals surface area contributed by atoms with Crippen LogP contribution in [-0.2, 0) is 37.7 Å². The van der Waals surface area contributed by atoms with E-state index in [1.165, 1.54) is 4.57 Å². The number of amides is 3. The molecule has 0 radical (unpaired) electrons. The monoisotopic (exact) mass is 891 g/mol. The fourth-order valence-electron chi connectivity index (χ4n) is 11.8. The Morgan fingerprint density at radius 1 is 0.891 bits per heavy atom. The molecule has 1 spiro atoms. The van der Waals surface area contributed by atoms with Crippen LogP contribution in [0, 0.1) is 23.7 Å². The molecule has 2 N–H and O–H groups in total. The molecular formula is C48H61N9O6S. The van der Waals surface area contributed by atoms with Gasteiger partial charge in [0.15, 0.2) is 9.84 Å². The van der Waals surface area contributed by atoms with E-state index in [1.807, 2.05) is 56.1 Å². The smallest absolute Gasteiger partial charge is 0.329 e. The van der Waals surface area contributed by atoms with E-state index in [1.54, 1.807) is 23.7 Å². The molecule has 16 heteroatoms. The number of imide groups is 1. The molecule has 2 aromatic heterocycles. The van der Waals surface area contributed by atoms with Gasteiger partial charge in [-0.1, -0.05) is 26.7 Å². The standard InChI is InChI=1S/C48H61N9O6S/c1-30-23-35(10-11-37(30)50-45-49-28-32-25-47(2,3)44(60)56(42(32)52-45)33-7-5-6-8-33)64(62,63)36-26-48(27-36)17-21-54(22-18-48)29-31-15-19-55(20-16-31)34-9-12-38-40(24-34)53(4)46(61)57(38)39-13-14-41(58)51-43(39)59/h9-12,23-24,28,31,33,36,39H,5-8,13-22,25-27,29H2,1-4H3,(H,49,50,52)(H,51,58,59). The van der Waals surface area contributed by atoms with Gasteiger partial charge < -0.3 is 15.1 Å². The van der Waals surface area contributed by atoms with Gasteiger partial charge >= 0.3 is 5.69 Å². The van der Waals surface area contributed by atoms with Crippen molar-refractivity contribution in [2.24, 2.45) is 23.8 Å². The number of fused-ring (bicyclic) bond motifs is 2. The quantitative estimate of drug-likeness (QED) is 0.190. The molecule has 0 bridgehead atoms. The van der Waals surface area contributed by atoms with Crippen molar-refractivity contribution in [3.8, 4) is 0 Å². The van der Waals surface area contributed by atoms with Crippen LogP contribution in [0.25, 0.3) is 11.0 Å². The number of carbonyl (C=O) groups is 3. The van der Waals surface area contributed by atoms with Crippen LogP contribution in [0.2, 0.25) is 0 Å². The predicted octanol–water partition coefficient (Wildman–Crippen LogP) is 5.95. The molecule has 2 aliphatic carbocycles. The number of rotatable bonds is 9. The second kappa shape index (κ2) is 16.1. The average Bonchev–Trinajstić information content (AvgIpc) is 3.88. The maximum absolute atomic E-state index is 14.0. The molecule has 15 nitrogen and oxygen atoms in total. The minimum Gasteiger partial charge on any atom is -0.371 e. The van der Waals surface area contributed by atoms with Crippen LogP contribution in [0.15, 0.2) is 52.3 Å². The number of nitrogens with zero attached hydrogens (tertiary/aromatic N) is 7. The first-order valence-corrected chi connectivity index (χ1v) is 25.0. The number of hydrogen-bond acceptors (Lipinski definition) is 11. The molecule has 2 saturated carbocycles. The zero-order valence-electron chi connectivity index (χ0n) is 37.6. The lowest BCUT2D eigenvalue weighted by molar-refractivity contribution is -0.135.